The molecule has 3 rings (SSSR count). The van der Waals surface area contributed by atoms with E-state index in [-0.39, 0.29) is 12.3 Å². The van der Waals surface area contributed by atoms with Crippen molar-refractivity contribution in [3.8, 4) is 0 Å². The first kappa shape index (κ1) is 16.1. The predicted octanol–water partition coefficient (Wildman–Crippen LogP) is 2.30. The van der Waals surface area contributed by atoms with Gasteiger partial charge in [0.15, 0.2) is 5.96 Å². The molecule has 0 aromatic heterocycles. The second kappa shape index (κ2) is 6.02. The molecule has 6 nitrogen and oxygen atoms in total. The molecule has 2 amide bonds. The monoisotopic (exact) mass is 354 g/mol. The van der Waals surface area contributed by atoms with Gasteiger partial charge in [-0.2, -0.15) is 0 Å². The number of benzene rings is 1. The van der Waals surface area contributed by atoms with Crippen LogP contribution in [0.4, 0.5) is 0 Å². The number of hydrogen-bond acceptors (Lipinski definition) is 3. The molecule has 2 aliphatic rings. The van der Waals surface area contributed by atoms with Crippen molar-refractivity contribution >= 4 is 41.0 Å². The summed E-state index contributed by atoms with van der Waals surface area (Å²) < 4.78 is 0. The van der Waals surface area contributed by atoms with E-state index in [1.165, 1.54) is 0 Å². The third-order valence-corrected chi connectivity index (χ3v) is 4.85. The highest BCUT2D eigenvalue weighted by Gasteiger charge is 2.41. The van der Waals surface area contributed by atoms with Crippen molar-refractivity contribution in [1.29, 1.82) is 5.41 Å². The summed E-state index contributed by atoms with van der Waals surface area (Å²) in [6, 6.07) is 2.80. The molecule has 0 spiro atoms. The molecule has 23 heavy (non-hydrogen) atoms. The van der Waals surface area contributed by atoms with Crippen molar-refractivity contribution in [2.24, 2.45) is 11.7 Å². The van der Waals surface area contributed by atoms with E-state index in [2.05, 4.69) is 5.32 Å². The number of fused-ring (bicyclic) bond motifs is 1. The van der Waals surface area contributed by atoms with Crippen LogP contribution in [0.1, 0.15) is 41.2 Å². The van der Waals surface area contributed by atoms with Crippen LogP contribution in [0.3, 0.4) is 0 Å². The van der Waals surface area contributed by atoms with E-state index in [1.807, 2.05) is 0 Å². The van der Waals surface area contributed by atoms with Crippen LogP contribution in [-0.2, 0) is 4.79 Å². The number of carbonyl (C=O) groups excluding carboxylic acids is 2. The Morgan fingerprint density at radius 2 is 2.00 bits per heavy atom. The summed E-state index contributed by atoms with van der Waals surface area (Å²) >= 11 is 12.1. The average molecular weight is 355 g/mol. The number of guanidine groups is 1. The number of amides is 2. The zero-order valence-corrected chi connectivity index (χ0v) is 13.7. The highest BCUT2D eigenvalue weighted by Crippen LogP contribution is 2.42. The van der Waals surface area contributed by atoms with Gasteiger partial charge in [-0.25, -0.2) is 0 Å². The molecule has 1 aromatic carbocycles. The number of hydrogen-bond donors (Lipinski definition) is 3. The van der Waals surface area contributed by atoms with Crippen LogP contribution in [0.15, 0.2) is 12.1 Å². The molecule has 0 bridgehead atoms. The molecule has 1 fully saturated rings. The van der Waals surface area contributed by atoms with Gasteiger partial charge in [0.1, 0.15) is 0 Å². The SMILES string of the molecule is N=C(N)NC(=O)C[C@H]1c2cc(Cl)c(Cl)cc2C(=O)N1CC1CC1. The van der Waals surface area contributed by atoms with Crippen molar-refractivity contribution in [2.45, 2.75) is 25.3 Å². The molecule has 122 valence electrons. The largest absolute Gasteiger partial charge is 0.370 e. The van der Waals surface area contributed by atoms with Crippen LogP contribution < -0.4 is 11.1 Å². The lowest BCUT2D eigenvalue weighted by molar-refractivity contribution is -0.120. The van der Waals surface area contributed by atoms with Crippen LogP contribution in [0.25, 0.3) is 0 Å². The van der Waals surface area contributed by atoms with Crippen molar-refractivity contribution in [3.05, 3.63) is 33.3 Å². The Balaban J connectivity index is 1.92. The van der Waals surface area contributed by atoms with Gasteiger partial charge in [-0.15, -0.1) is 0 Å². The number of nitrogens with zero attached hydrogens (tertiary/aromatic N) is 1. The molecule has 1 atom stereocenters. The zero-order valence-electron chi connectivity index (χ0n) is 12.2. The number of carbonyl (C=O) groups is 2. The highest BCUT2D eigenvalue weighted by molar-refractivity contribution is 6.42. The summed E-state index contributed by atoms with van der Waals surface area (Å²) in [6.07, 6.45) is 2.21. The van der Waals surface area contributed by atoms with Gasteiger partial charge in [-0.3, -0.25) is 20.3 Å². The van der Waals surface area contributed by atoms with Crippen molar-refractivity contribution < 1.29 is 9.59 Å². The third kappa shape index (κ3) is 3.28. The Morgan fingerprint density at radius 3 is 2.61 bits per heavy atom. The smallest absolute Gasteiger partial charge is 0.254 e. The molecule has 8 heteroatoms. The molecular weight excluding hydrogens is 339 g/mol. The second-order valence-electron chi connectivity index (χ2n) is 5.94. The molecule has 0 unspecified atom stereocenters. The Labute approximate surface area is 143 Å². The van der Waals surface area contributed by atoms with Gasteiger partial charge in [0.05, 0.1) is 22.5 Å². The summed E-state index contributed by atoms with van der Waals surface area (Å²) in [4.78, 5) is 26.4. The molecule has 0 saturated heterocycles. The predicted molar refractivity (Wildman–Crippen MR) is 87.6 cm³/mol. The Hall–Kier alpha value is -1.79. The standard InChI is InChI=1S/C15H16Cl2N4O2/c16-10-3-8-9(4-11(10)17)14(23)21(6-7-1-2-7)12(8)5-13(22)20-15(18)19/h3-4,7,12H,1-2,5-6H2,(H4,18,19,20,22)/t12-/m0/s1. The van der Waals surface area contributed by atoms with Crippen molar-refractivity contribution in [1.82, 2.24) is 10.2 Å². The molecule has 1 aromatic rings. The summed E-state index contributed by atoms with van der Waals surface area (Å²) in [7, 11) is 0. The lowest BCUT2D eigenvalue weighted by Gasteiger charge is -2.25. The second-order valence-corrected chi connectivity index (χ2v) is 6.75. The number of nitrogens with two attached hydrogens (primary N) is 1. The maximum Gasteiger partial charge on any atom is 0.254 e. The fourth-order valence-corrected chi connectivity index (χ4v) is 3.21. The summed E-state index contributed by atoms with van der Waals surface area (Å²) in [5.41, 5.74) is 6.38. The van der Waals surface area contributed by atoms with Crippen LogP contribution in [-0.4, -0.2) is 29.2 Å². The lowest BCUT2D eigenvalue weighted by Crippen LogP contribution is -2.39. The van der Waals surface area contributed by atoms with Crippen molar-refractivity contribution in [2.75, 3.05) is 6.54 Å². The normalized spacial score (nSPS) is 19.7. The van der Waals surface area contributed by atoms with Crippen LogP contribution in [0.2, 0.25) is 10.0 Å². The number of halogens is 2. The van der Waals surface area contributed by atoms with E-state index >= 15 is 0 Å². The fourth-order valence-electron chi connectivity index (χ4n) is 2.87. The van der Waals surface area contributed by atoms with E-state index in [0.717, 1.165) is 12.8 Å². The molecule has 4 N–H and O–H groups in total. The van der Waals surface area contributed by atoms with Gasteiger partial charge in [0, 0.05) is 12.1 Å². The van der Waals surface area contributed by atoms with Crippen LogP contribution in [0, 0.1) is 11.3 Å². The number of rotatable bonds is 4. The van der Waals surface area contributed by atoms with Crippen LogP contribution in [0.5, 0.6) is 0 Å². The quantitative estimate of drug-likeness (QED) is 0.571. The summed E-state index contributed by atoms with van der Waals surface area (Å²) in [5.74, 6) is -0.471. The van der Waals surface area contributed by atoms with Gasteiger partial charge < -0.3 is 10.6 Å². The minimum Gasteiger partial charge on any atom is -0.370 e. The fraction of sp³-hybridized carbons (Fsp3) is 0.400. The van der Waals surface area contributed by atoms with Gasteiger partial charge >= 0.3 is 0 Å². The van der Waals surface area contributed by atoms with E-state index < -0.39 is 17.9 Å². The number of nitrogens with one attached hydrogen (secondary N) is 2. The Bertz CT molecular complexity index is 703. The van der Waals surface area contributed by atoms with E-state index in [1.54, 1.807) is 17.0 Å². The van der Waals surface area contributed by atoms with Gasteiger partial charge in [-0.05, 0) is 36.5 Å². The maximum absolute atomic E-state index is 12.7. The maximum atomic E-state index is 12.7. The molecule has 1 saturated carbocycles. The third-order valence-electron chi connectivity index (χ3n) is 4.12. The van der Waals surface area contributed by atoms with E-state index in [4.69, 9.17) is 34.3 Å². The first-order valence-corrected chi connectivity index (χ1v) is 8.06. The average Bonchev–Trinajstić information content (AvgIpc) is 3.24. The van der Waals surface area contributed by atoms with Gasteiger partial charge in [-0.1, -0.05) is 23.2 Å². The molecule has 1 aliphatic carbocycles. The van der Waals surface area contributed by atoms with Crippen molar-refractivity contribution in [3.63, 3.8) is 0 Å². The topological polar surface area (TPSA) is 99.3 Å². The summed E-state index contributed by atoms with van der Waals surface area (Å²) in [5, 5.41) is 10.1. The summed E-state index contributed by atoms with van der Waals surface area (Å²) in [6.45, 7) is 0.612. The van der Waals surface area contributed by atoms with Gasteiger partial charge in [0.2, 0.25) is 5.91 Å². The van der Waals surface area contributed by atoms with Gasteiger partial charge in [0.25, 0.3) is 5.91 Å². The molecule has 0 radical (unpaired) electrons. The highest BCUT2D eigenvalue weighted by atomic mass is 35.5. The molecule has 1 heterocycles. The minimum absolute atomic E-state index is 0.0308. The lowest BCUT2D eigenvalue weighted by atomic mass is 10.0. The molecule has 1 aliphatic heterocycles. The minimum atomic E-state index is -0.414. The van der Waals surface area contributed by atoms with Crippen LogP contribution >= 0.6 is 23.2 Å². The Morgan fingerprint density at radius 1 is 1.35 bits per heavy atom. The first-order chi connectivity index (χ1) is 10.9. The van der Waals surface area contributed by atoms with E-state index in [0.29, 0.717) is 33.6 Å². The van der Waals surface area contributed by atoms with E-state index in [9.17, 15) is 9.59 Å². The molecular formula is C15H16Cl2N4O2. The Kier molecular flexibility index (Phi) is 4.21. The first-order valence-electron chi connectivity index (χ1n) is 7.30. The zero-order chi connectivity index (χ0) is 16.7.